The predicted octanol–water partition coefficient (Wildman–Crippen LogP) is 8.64. The number of ether oxygens (including phenoxy) is 6. The molecular formula is C49H53F5N6O8. The van der Waals surface area contributed by atoms with E-state index in [1.807, 2.05) is 4.90 Å². The Hall–Kier alpha value is -6.21. The number of hydrogen-bond donors (Lipinski definition) is 1. The van der Waals surface area contributed by atoms with Gasteiger partial charge in [-0.1, -0.05) is 24.3 Å². The standard InChI is InChI=1S/C49H53F5N6O8/c1-25-38(49(52,53)54)33(18-35(39(25)50)58(19-27-8-13-31(63-6)14-9-27)20-28-10-15-32(64-7)16-11-28)41-40(51)42-37-44(57-46(56-42)66-23-29-22-65-24-36(29)61)59-21-30-12-17-34(43(59)26(2)67-45(37)55-41)60(30)47(62)68-48(3,4)5/h8-11,13-16,18,26,29-30,34,36,43,61H,12,17,19-24H2,1-7H3/t26-,29?,30+,34-,36?,43+/m0/s1. The van der Waals surface area contributed by atoms with E-state index in [-0.39, 0.29) is 74.3 Å². The van der Waals surface area contributed by atoms with Crippen molar-refractivity contribution >= 4 is 28.5 Å². The number of halogens is 5. The summed E-state index contributed by atoms with van der Waals surface area (Å²) in [5.41, 5.74) is -3.88. The molecule has 6 heterocycles. The monoisotopic (exact) mass is 948 g/mol. The van der Waals surface area contributed by atoms with E-state index in [0.717, 1.165) is 13.0 Å². The highest BCUT2D eigenvalue weighted by Gasteiger charge is 2.54. The van der Waals surface area contributed by atoms with Gasteiger partial charge in [-0.05, 0) is 94.5 Å². The van der Waals surface area contributed by atoms with Gasteiger partial charge in [0.25, 0.3) is 0 Å². The van der Waals surface area contributed by atoms with Crippen LogP contribution < -0.4 is 28.7 Å². The first kappa shape index (κ1) is 46.9. The van der Waals surface area contributed by atoms with Crippen molar-refractivity contribution in [2.45, 2.75) is 103 Å². The lowest BCUT2D eigenvalue weighted by molar-refractivity contribution is -0.137. The number of hydrogen-bond acceptors (Lipinski definition) is 13. The summed E-state index contributed by atoms with van der Waals surface area (Å²) in [6.07, 6.45) is -6.16. The molecule has 0 aliphatic carbocycles. The highest BCUT2D eigenvalue weighted by Crippen LogP contribution is 2.49. The van der Waals surface area contributed by atoms with Crippen LogP contribution in [0.3, 0.4) is 0 Å². The second-order valence-electron chi connectivity index (χ2n) is 18.8. The van der Waals surface area contributed by atoms with E-state index in [2.05, 4.69) is 9.97 Å². The first-order chi connectivity index (χ1) is 32.3. The van der Waals surface area contributed by atoms with E-state index < -0.39 is 87.6 Å². The summed E-state index contributed by atoms with van der Waals surface area (Å²) in [4.78, 5) is 32.8. The summed E-state index contributed by atoms with van der Waals surface area (Å²) in [7, 11) is 3.03. The van der Waals surface area contributed by atoms with Gasteiger partial charge in [0.2, 0.25) is 5.88 Å². The van der Waals surface area contributed by atoms with E-state index >= 15 is 22.0 Å². The van der Waals surface area contributed by atoms with Crippen LogP contribution in [0, 0.1) is 24.5 Å². The molecule has 3 fully saturated rings. The van der Waals surface area contributed by atoms with Gasteiger partial charge in [0, 0.05) is 31.1 Å². The predicted molar refractivity (Wildman–Crippen MR) is 240 cm³/mol. The van der Waals surface area contributed by atoms with Gasteiger partial charge in [-0.15, -0.1) is 0 Å². The van der Waals surface area contributed by atoms with Gasteiger partial charge in [0.05, 0.1) is 69.5 Å². The molecule has 0 spiro atoms. The Kier molecular flexibility index (Phi) is 12.4. The molecule has 362 valence electrons. The molecule has 0 saturated carbocycles. The summed E-state index contributed by atoms with van der Waals surface area (Å²) in [6.45, 7) is 8.49. The molecule has 4 aliphatic heterocycles. The SMILES string of the molecule is COc1ccc(CN(Cc2ccc(OC)cc2)c2cc(-c3nc4c5c(nc(OCC6COCC6O)nc5c3F)N3C[C@H]5CC[C@@H]([C@H]3[C@H](C)O4)N5C(=O)OC(C)(C)C)c(C(F)(F)F)c(C)c2F)cc1. The maximum absolute atomic E-state index is 17.9. The number of amides is 1. The smallest absolute Gasteiger partial charge is 0.417 e. The number of nitrogens with zero attached hydrogens (tertiary/aromatic N) is 6. The average molecular weight is 949 g/mol. The highest BCUT2D eigenvalue weighted by atomic mass is 19.4. The Morgan fingerprint density at radius 1 is 0.912 bits per heavy atom. The minimum atomic E-state index is -5.19. The van der Waals surface area contributed by atoms with E-state index in [0.29, 0.717) is 35.5 Å². The number of aromatic nitrogens is 3. The van der Waals surface area contributed by atoms with Crippen molar-refractivity contribution < 1.29 is 60.3 Å². The highest BCUT2D eigenvalue weighted by molar-refractivity contribution is 5.98. The quantitative estimate of drug-likeness (QED) is 0.127. The zero-order valence-corrected chi connectivity index (χ0v) is 38.7. The molecule has 19 heteroatoms. The zero-order chi connectivity index (χ0) is 48.4. The summed E-state index contributed by atoms with van der Waals surface area (Å²) < 4.78 is 116. The largest absolute Gasteiger partial charge is 0.497 e. The maximum Gasteiger partial charge on any atom is 0.417 e. The van der Waals surface area contributed by atoms with Crippen LogP contribution in [0.4, 0.5) is 38.3 Å². The number of piperazine rings is 1. The van der Waals surface area contributed by atoms with E-state index in [4.69, 9.17) is 33.4 Å². The topological polar surface area (TPSA) is 141 Å². The van der Waals surface area contributed by atoms with E-state index in [1.165, 1.54) is 14.2 Å². The number of anilines is 2. The molecule has 5 aromatic rings. The zero-order valence-electron chi connectivity index (χ0n) is 38.7. The lowest BCUT2D eigenvalue weighted by Gasteiger charge is -2.48. The van der Waals surface area contributed by atoms with Crippen molar-refractivity contribution in [1.29, 1.82) is 0 Å². The van der Waals surface area contributed by atoms with Crippen LogP contribution in [0.15, 0.2) is 54.6 Å². The number of fused-ring (bicyclic) bond motifs is 5. The number of aliphatic hydroxyl groups excluding tert-OH is 1. The molecule has 0 radical (unpaired) electrons. The van der Waals surface area contributed by atoms with Gasteiger partial charge in [-0.25, -0.2) is 18.6 Å². The van der Waals surface area contributed by atoms with Crippen molar-refractivity contribution in [2.75, 3.05) is 50.4 Å². The summed E-state index contributed by atoms with van der Waals surface area (Å²) in [6, 6.07) is 13.1. The number of alkyl halides is 3. The molecular weight excluding hydrogens is 896 g/mol. The first-order valence-corrected chi connectivity index (χ1v) is 22.5. The Balaban J connectivity index is 1.22. The molecule has 1 amide bonds. The van der Waals surface area contributed by atoms with Crippen molar-refractivity contribution in [3.05, 3.63) is 88.5 Å². The molecule has 2 unspecified atom stereocenters. The van der Waals surface area contributed by atoms with Crippen LogP contribution in [-0.2, 0) is 28.7 Å². The lowest BCUT2D eigenvalue weighted by atomic mass is 9.95. The van der Waals surface area contributed by atoms with E-state index in [9.17, 15) is 9.90 Å². The summed E-state index contributed by atoms with van der Waals surface area (Å²) >= 11 is 0. The van der Waals surface area contributed by atoms with Gasteiger partial charge in [-0.2, -0.15) is 23.1 Å². The summed E-state index contributed by atoms with van der Waals surface area (Å²) in [5.74, 6) is -1.87. The Labute approximate surface area is 389 Å². The number of pyridine rings is 1. The van der Waals surface area contributed by atoms with Crippen LogP contribution in [-0.4, -0.2) is 108 Å². The van der Waals surface area contributed by atoms with Crippen LogP contribution in [0.5, 0.6) is 23.4 Å². The molecule has 68 heavy (non-hydrogen) atoms. The van der Waals surface area contributed by atoms with Crippen LogP contribution in [0.2, 0.25) is 0 Å². The molecule has 14 nitrogen and oxygen atoms in total. The molecule has 6 atom stereocenters. The fraction of sp³-hybridized carbons (Fsp3) is 0.469. The Morgan fingerprint density at radius 3 is 2.13 bits per heavy atom. The molecule has 1 N–H and O–H groups in total. The van der Waals surface area contributed by atoms with Crippen molar-refractivity contribution in [2.24, 2.45) is 5.92 Å². The second-order valence-corrected chi connectivity index (χ2v) is 18.8. The number of benzene rings is 3. The lowest BCUT2D eigenvalue weighted by Crippen LogP contribution is -2.65. The fourth-order valence-electron chi connectivity index (χ4n) is 9.88. The number of rotatable bonds is 11. The third-order valence-corrected chi connectivity index (χ3v) is 13.1. The second kappa shape index (κ2) is 18.0. The van der Waals surface area contributed by atoms with Gasteiger partial charge in [0.1, 0.15) is 51.4 Å². The number of methoxy groups -OCH3 is 2. The molecule has 2 aromatic heterocycles. The first-order valence-electron chi connectivity index (χ1n) is 22.5. The molecule has 4 aliphatic rings. The Bertz CT molecular complexity index is 2650. The van der Waals surface area contributed by atoms with E-state index in [1.54, 1.807) is 86.0 Å². The minimum absolute atomic E-state index is 0.0180. The van der Waals surface area contributed by atoms with Crippen molar-refractivity contribution in [1.82, 2.24) is 19.9 Å². The van der Waals surface area contributed by atoms with Crippen LogP contribution in [0.1, 0.15) is 62.8 Å². The number of aliphatic hydroxyl groups is 1. The third kappa shape index (κ3) is 8.85. The third-order valence-electron chi connectivity index (χ3n) is 13.1. The maximum atomic E-state index is 17.9. The van der Waals surface area contributed by atoms with Gasteiger partial charge in [-0.3, -0.25) is 4.90 Å². The van der Waals surface area contributed by atoms with Crippen LogP contribution >= 0.6 is 0 Å². The molecule has 3 saturated heterocycles. The van der Waals surface area contributed by atoms with Gasteiger partial charge >= 0.3 is 18.3 Å². The van der Waals surface area contributed by atoms with Crippen molar-refractivity contribution in [3.8, 4) is 34.6 Å². The van der Waals surface area contributed by atoms with Gasteiger partial charge < -0.3 is 43.3 Å². The summed E-state index contributed by atoms with van der Waals surface area (Å²) in [5, 5.41) is 10.5. The number of carbonyl (C=O) groups is 1. The van der Waals surface area contributed by atoms with Crippen molar-refractivity contribution in [3.63, 3.8) is 0 Å². The Morgan fingerprint density at radius 2 is 1.56 bits per heavy atom. The normalized spacial score (nSPS) is 22.1. The molecule has 3 aromatic carbocycles. The minimum Gasteiger partial charge on any atom is -0.497 e. The van der Waals surface area contributed by atoms with Gasteiger partial charge in [0.15, 0.2) is 5.82 Å². The average Bonchev–Trinajstić information content (AvgIpc) is 3.82. The molecule has 2 bridgehead atoms. The van der Waals surface area contributed by atoms with Crippen LogP contribution in [0.25, 0.3) is 22.2 Å². The number of carbonyl (C=O) groups excluding carboxylic acids is 1. The molecule has 9 rings (SSSR count). The fourth-order valence-corrected chi connectivity index (χ4v) is 9.88.